The van der Waals surface area contributed by atoms with Crippen LogP contribution in [0.25, 0.3) is 10.9 Å². The van der Waals surface area contributed by atoms with Crippen LogP contribution in [0.15, 0.2) is 53.4 Å². The van der Waals surface area contributed by atoms with E-state index in [9.17, 15) is 8.42 Å². The van der Waals surface area contributed by atoms with Crippen LogP contribution in [0.3, 0.4) is 0 Å². The van der Waals surface area contributed by atoms with E-state index in [0.717, 1.165) is 11.1 Å². The summed E-state index contributed by atoms with van der Waals surface area (Å²) in [6.07, 6.45) is 0. The lowest BCUT2D eigenvalue weighted by atomic mass is 10.2. The van der Waals surface area contributed by atoms with Gasteiger partial charge in [-0.2, -0.15) is 0 Å². The summed E-state index contributed by atoms with van der Waals surface area (Å²) < 4.78 is 27.7. The highest BCUT2D eigenvalue weighted by Gasteiger charge is 2.17. The molecule has 1 heterocycles. The second-order valence-electron chi connectivity index (χ2n) is 5.04. The zero-order chi connectivity index (χ0) is 16.6. The van der Waals surface area contributed by atoms with Crippen LogP contribution in [0.5, 0.6) is 0 Å². The molecule has 0 aliphatic heterocycles. The van der Waals surface area contributed by atoms with Crippen LogP contribution in [0.4, 0.5) is 5.69 Å². The number of nitrogens with zero attached hydrogens (tertiary/aromatic N) is 1. The number of rotatable bonds is 3. The number of aryl methyl sites for hydroxylation is 1. The molecule has 0 bridgehead atoms. The van der Waals surface area contributed by atoms with Crippen molar-refractivity contribution >= 4 is 49.8 Å². The van der Waals surface area contributed by atoms with Crippen LogP contribution in [0, 0.1) is 6.92 Å². The molecule has 118 valence electrons. The van der Waals surface area contributed by atoms with Gasteiger partial charge in [-0.05, 0) is 37.3 Å². The van der Waals surface area contributed by atoms with Crippen molar-refractivity contribution < 1.29 is 8.42 Å². The normalized spacial score (nSPS) is 11.6. The van der Waals surface area contributed by atoms with Gasteiger partial charge in [0.15, 0.2) is 0 Å². The third-order valence-electron chi connectivity index (χ3n) is 3.25. The molecule has 0 saturated heterocycles. The van der Waals surface area contributed by atoms with Gasteiger partial charge in [0.25, 0.3) is 10.0 Å². The van der Waals surface area contributed by atoms with Crippen LogP contribution >= 0.6 is 23.2 Å². The van der Waals surface area contributed by atoms with Gasteiger partial charge >= 0.3 is 0 Å². The van der Waals surface area contributed by atoms with Crippen LogP contribution in [0.2, 0.25) is 10.0 Å². The van der Waals surface area contributed by atoms with E-state index in [1.54, 1.807) is 12.1 Å². The van der Waals surface area contributed by atoms with Gasteiger partial charge in [-0.1, -0.05) is 41.4 Å². The van der Waals surface area contributed by atoms with Crippen molar-refractivity contribution in [2.75, 3.05) is 4.72 Å². The Kier molecular flexibility index (Phi) is 4.19. The molecule has 0 amide bonds. The number of nitrogens with one attached hydrogen (secondary N) is 1. The maximum Gasteiger partial charge on any atom is 0.262 e. The number of halogens is 2. The fourth-order valence-corrected chi connectivity index (χ4v) is 4.01. The molecule has 0 aliphatic rings. The van der Waals surface area contributed by atoms with E-state index >= 15 is 0 Å². The van der Waals surface area contributed by atoms with Gasteiger partial charge in [0.2, 0.25) is 0 Å². The lowest BCUT2D eigenvalue weighted by Gasteiger charge is -2.11. The molecule has 4 nitrogen and oxygen atoms in total. The molecule has 0 spiro atoms. The lowest BCUT2D eigenvalue weighted by Crippen LogP contribution is -2.13. The molecule has 7 heteroatoms. The smallest absolute Gasteiger partial charge is 0.262 e. The van der Waals surface area contributed by atoms with Gasteiger partial charge in [0.05, 0.1) is 16.1 Å². The molecular formula is C16H12Cl2N2O2S. The van der Waals surface area contributed by atoms with Crippen molar-refractivity contribution in [3.63, 3.8) is 0 Å². The largest absolute Gasteiger partial charge is 0.277 e. The van der Waals surface area contributed by atoms with Crippen molar-refractivity contribution in [3.05, 3.63) is 64.3 Å². The van der Waals surface area contributed by atoms with E-state index in [1.807, 2.05) is 25.1 Å². The quantitative estimate of drug-likeness (QED) is 0.733. The first-order valence-electron chi connectivity index (χ1n) is 6.70. The second-order valence-corrected chi connectivity index (χ2v) is 7.60. The summed E-state index contributed by atoms with van der Waals surface area (Å²) in [5, 5.41) is 1.36. The van der Waals surface area contributed by atoms with E-state index in [4.69, 9.17) is 23.2 Å². The molecule has 0 saturated carbocycles. The van der Waals surface area contributed by atoms with Crippen LogP contribution in [-0.4, -0.2) is 13.4 Å². The number of pyridine rings is 1. The summed E-state index contributed by atoms with van der Waals surface area (Å²) >= 11 is 11.8. The molecule has 0 radical (unpaired) electrons. The third kappa shape index (κ3) is 3.42. The molecule has 1 N–H and O–H groups in total. The topological polar surface area (TPSA) is 59.1 Å². The zero-order valence-corrected chi connectivity index (χ0v) is 14.4. The van der Waals surface area contributed by atoms with Gasteiger partial charge in [-0.15, -0.1) is 0 Å². The summed E-state index contributed by atoms with van der Waals surface area (Å²) in [4.78, 5) is 4.41. The number of hydrogen-bond donors (Lipinski definition) is 1. The number of fused-ring (bicyclic) bond motifs is 1. The van der Waals surface area contributed by atoms with E-state index in [0.29, 0.717) is 11.2 Å². The average Bonchev–Trinajstić information content (AvgIpc) is 2.46. The molecule has 0 fully saturated rings. The van der Waals surface area contributed by atoms with Crippen molar-refractivity contribution in [2.24, 2.45) is 0 Å². The molecule has 0 aliphatic carbocycles. The predicted molar refractivity (Wildman–Crippen MR) is 93.8 cm³/mol. The van der Waals surface area contributed by atoms with Gasteiger partial charge in [-0.25, -0.2) is 8.42 Å². The Balaban J connectivity index is 2.09. The Labute approximate surface area is 144 Å². The summed E-state index contributed by atoms with van der Waals surface area (Å²) in [5.74, 6) is 0. The van der Waals surface area contributed by atoms with Crippen LogP contribution < -0.4 is 4.72 Å². The fourth-order valence-electron chi connectivity index (χ4n) is 2.21. The second kappa shape index (κ2) is 6.00. The first-order valence-corrected chi connectivity index (χ1v) is 8.94. The first-order chi connectivity index (χ1) is 10.8. The molecule has 1 aromatic heterocycles. The van der Waals surface area contributed by atoms with Crippen molar-refractivity contribution in [1.82, 2.24) is 4.98 Å². The lowest BCUT2D eigenvalue weighted by molar-refractivity contribution is 0.601. The van der Waals surface area contributed by atoms with Gasteiger partial charge in [-0.3, -0.25) is 9.71 Å². The van der Waals surface area contributed by atoms with Gasteiger partial charge in [0.1, 0.15) is 0 Å². The van der Waals surface area contributed by atoms with Crippen molar-refractivity contribution in [3.8, 4) is 0 Å². The highest BCUT2D eigenvalue weighted by Crippen LogP contribution is 2.27. The molecule has 2 aromatic carbocycles. The Morgan fingerprint density at radius 2 is 1.70 bits per heavy atom. The minimum Gasteiger partial charge on any atom is -0.277 e. The molecule has 3 aromatic rings. The molecule has 0 unspecified atom stereocenters. The monoisotopic (exact) mass is 366 g/mol. The summed E-state index contributed by atoms with van der Waals surface area (Å²) in [5.41, 5.74) is 1.79. The van der Waals surface area contributed by atoms with Crippen molar-refractivity contribution in [2.45, 2.75) is 11.8 Å². The summed E-state index contributed by atoms with van der Waals surface area (Å²) in [6, 6.07) is 13.2. The Hall–Kier alpha value is -1.82. The molecular weight excluding hydrogens is 355 g/mol. The van der Waals surface area contributed by atoms with Gasteiger partial charge in [0, 0.05) is 21.1 Å². The number of aromatic nitrogens is 1. The average molecular weight is 367 g/mol. The highest BCUT2D eigenvalue weighted by atomic mass is 35.5. The number of hydrogen-bond acceptors (Lipinski definition) is 3. The van der Waals surface area contributed by atoms with Crippen molar-refractivity contribution in [1.29, 1.82) is 0 Å². The Morgan fingerprint density at radius 3 is 2.39 bits per heavy atom. The predicted octanol–water partition coefficient (Wildman–Crippen LogP) is 4.65. The Bertz CT molecular complexity index is 984. The SMILES string of the molecule is Cc1ccc2cccc(NS(=O)(=O)c3cc(Cl)cc(Cl)c3)c2n1. The third-order valence-corrected chi connectivity index (χ3v) is 5.03. The van der Waals surface area contributed by atoms with Crippen LogP contribution in [-0.2, 0) is 10.0 Å². The number of anilines is 1. The number of sulfonamides is 1. The fraction of sp³-hybridized carbons (Fsp3) is 0.0625. The minimum absolute atomic E-state index is 0.000318. The zero-order valence-electron chi connectivity index (χ0n) is 12.0. The summed E-state index contributed by atoms with van der Waals surface area (Å²) in [6.45, 7) is 1.85. The number of para-hydroxylation sites is 1. The number of benzene rings is 2. The van der Waals surface area contributed by atoms with Crippen LogP contribution in [0.1, 0.15) is 5.69 Å². The molecule has 3 rings (SSSR count). The van der Waals surface area contributed by atoms with Gasteiger partial charge < -0.3 is 0 Å². The highest BCUT2D eigenvalue weighted by molar-refractivity contribution is 7.92. The standard InChI is InChI=1S/C16H12Cl2N2O2S/c1-10-5-6-11-3-2-4-15(16(11)19-10)20-23(21,22)14-8-12(17)7-13(18)9-14/h2-9,20H,1H3. The summed E-state index contributed by atoms with van der Waals surface area (Å²) in [7, 11) is -3.82. The van der Waals surface area contributed by atoms with E-state index in [2.05, 4.69) is 9.71 Å². The Morgan fingerprint density at radius 1 is 1.00 bits per heavy atom. The first kappa shape index (κ1) is 16.1. The maximum atomic E-state index is 12.6. The van der Waals surface area contributed by atoms with E-state index in [1.165, 1.54) is 18.2 Å². The van der Waals surface area contributed by atoms with E-state index in [-0.39, 0.29) is 14.9 Å². The minimum atomic E-state index is -3.82. The van der Waals surface area contributed by atoms with E-state index < -0.39 is 10.0 Å². The molecule has 0 atom stereocenters. The maximum absolute atomic E-state index is 12.6. The molecule has 23 heavy (non-hydrogen) atoms.